The Morgan fingerprint density at radius 3 is 2.56 bits per heavy atom. The lowest BCUT2D eigenvalue weighted by atomic mass is 9.86. The Balaban J connectivity index is 1.16. The second-order valence-electron chi connectivity index (χ2n) is 10.1. The minimum absolute atomic E-state index is 0.273. The Hall–Kier alpha value is -2.81. The molecule has 3 N–H and O–H groups in total. The molecule has 6 nitrogen and oxygen atoms in total. The predicted octanol–water partition coefficient (Wildman–Crippen LogP) is 5.52. The van der Waals surface area contributed by atoms with Crippen LogP contribution in [0, 0.1) is 0 Å². The molecule has 3 aromatic carbocycles. The zero-order valence-corrected chi connectivity index (χ0v) is 23.6. The fourth-order valence-corrected chi connectivity index (χ4v) is 6.85. The third-order valence-electron chi connectivity index (χ3n) is 7.39. The number of hydrogen-bond donors (Lipinski definition) is 3. The summed E-state index contributed by atoms with van der Waals surface area (Å²) in [4.78, 5) is 4.47. The van der Waals surface area contributed by atoms with E-state index in [2.05, 4.69) is 32.5 Å². The number of aromatic nitrogens is 1. The zero-order valence-electron chi connectivity index (χ0n) is 22.0. The van der Waals surface area contributed by atoms with E-state index in [0.29, 0.717) is 24.4 Å². The minimum Gasteiger partial charge on any atom is -0.317 e. The van der Waals surface area contributed by atoms with E-state index < -0.39 is 10.0 Å². The average molecular weight is 563 g/mol. The van der Waals surface area contributed by atoms with E-state index >= 15 is 0 Å². The number of halogens is 1. The molecule has 1 fully saturated rings. The van der Waals surface area contributed by atoms with Crippen LogP contribution in [0.3, 0.4) is 0 Å². The van der Waals surface area contributed by atoms with Gasteiger partial charge in [-0.25, -0.2) is 13.1 Å². The van der Waals surface area contributed by atoms with Crippen molar-refractivity contribution >= 4 is 32.4 Å². The van der Waals surface area contributed by atoms with Crippen molar-refractivity contribution in [2.75, 3.05) is 32.7 Å². The highest BCUT2D eigenvalue weighted by Crippen LogP contribution is 2.31. The molecule has 2 heterocycles. The molecular formula is C31H35ClN4O2S. The molecule has 4 aromatic rings. The SMILES string of the molecule is O=S(=O)(NCCNCCCc1ccc(Cl)cc1C1CCNCC1)c1cc(-c2ccccc2)cc2cnccc12. The largest absolute Gasteiger partial charge is 0.317 e. The molecule has 0 saturated carbocycles. The summed E-state index contributed by atoms with van der Waals surface area (Å²) < 4.78 is 29.5. The highest BCUT2D eigenvalue weighted by molar-refractivity contribution is 7.89. The maximum atomic E-state index is 13.3. The lowest BCUT2D eigenvalue weighted by Gasteiger charge is -2.25. The van der Waals surface area contributed by atoms with Gasteiger partial charge in [-0.05, 0) is 104 Å². The number of sulfonamides is 1. The number of nitrogens with one attached hydrogen (secondary N) is 3. The average Bonchev–Trinajstić information content (AvgIpc) is 2.97. The lowest BCUT2D eigenvalue weighted by Crippen LogP contribution is -2.32. The van der Waals surface area contributed by atoms with Gasteiger partial charge < -0.3 is 10.6 Å². The molecule has 39 heavy (non-hydrogen) atoms. The number of rotatable bonds is 11. The molecule has 5 rings (SSSR count). The molecule has 0 bridgehead atoms. The van der Waals surface area contributed by atoms with Crippen LogP contribution in [0.4, 0.5) is 0 Å². The Labute approximate surface area is 236 Å². The Morgan fingerprint density at radius 2 is 1.74 bits per heavy atom. The molecule has 0 radical (unpaired) electrons. The van der Waals surface area contributed by atoms with E-state index in [1.54, 1.807) is 24.5 Å². The molecule has 0 unspecified atom stereocenters. The summed E-state index contributed by atoms with van der Waals surface area (Å²) in [6, 6.07) is 21.6. The van der Waals surface area contributed by atoms with Gasteiger partial charge in [0.25, 0.3) is 0 Å². The van der Waals surface area contributed by atoms with Crippen molar-refractivity contribution in [1.29, 1.82) is 0 Å². The first-order chi connectivity index (χ1) is 19.0. The van der Waals surface area contributed by atoms with Gasteiger partial charge in [-0.15, -0.1) is 0 Å². The first kappa shape index (κ1) is 27.7. The van der Waals surface area contributed by atoms with Crippen LogP contribution in [0.2, 0.25) is 5.02 Å². The molecule has 8 heteroatoms. The lowest BCUT2D eigenvalue weighted by molar-refractivity contribution is 0.458. The highest BCUT2D eigenvalue weighted by Gasteiger charge is 2.20. The van der Waals surface area contributed by atoms with Crippen molar-refractivity contribution in [3.05, 3.63) is 95.3 Å². The molecule has 204 valence electrons. The van der Waals surface area contributed by atoms with Crippen LogP contribution < -0.4 is 15.4 Å². The number of fused-ring (bicyclic) bond motifs is 1. The van der Waals surface area contributed by atoms with Crippen LogP contribution >= 0.6 is 11.6 Å². The summed E-state index contributed by atoms with van der Waals surface area (Å²) in [6.07, 6.45) is 7.57. The van der Waals surface area contributed by atoms with Gasteiger partial charge in [0.1, 0.15) is 0 Å². The summed E-state index contributed by atoms with van der Waals surface area (Å²) in [5.74, 6) is 0.564. The molecule has 1 saturated heterocycles. The van der Waals surface area contributed by atoms with Gasteiger partial charge in [-0.1, -0.05) is 48.0 Å². The van der Waals surface area contributed by atoms with Crippen molar-refractivity contribution in [2.24, 2.45) is 0 Å². The van der Waals surface area contributed by atoms with Gasteiger partial charge in [0.05, 0.1) is 4.90 Å². The number of pyridine rings is 1. The van der Waals surface area contributed by atoms with Crippen LogP contribution in [0.1, 0.15) is 36.3 Å². The Kier molecular flexibility index (Phi) is 9.27. The van der Waals surface area contributed by atoms with E-state index in [1.807, 2.05) is 42.5 Å². The van der Waals surface area contributed by atoms with E-state index in [-0.39, 0.29) is 4.90 Å². The summed E-state index contributed by atoms with van der Waals surface area (Å²) in [5, 5.41) is 9.09. The summed E-state index contributed by atoms with van der Waals surface area (Å²) >= 11 is 6.32. The van der Waals surface area contributed by atoms with Gasteiger partial charge in [0, 0.05) is 41.3 Å². The second-order valence-corrected chi connectivity index (χ2v) is 12.2. The molecular weight excluding hydrogens is 528 g/mol. The molecule has 1 aliphatic heterocycles. The normalized spacial score (nSPS) is 14.6. The first-order valence-electron chi connectivity index (χ1n) is 13.6. The third-order valence-corrected chi connectivity index (χ3v) is 9.13. The predicted molar refractivity (Wildman–Crippen MR) is 160 cm³/mol. The third kappa shape index (κ3) is 7.04. The van der Waals surface area contributed by atoms with Crippen LogP contribution in [-0.4, -0.2) is 46.1 Å². The Bertz CT molecular complexity index is 1510. The van der Waals surface area contributed by atoms with Crippen molar-refractivity contribution in [1.82, 2.24) is 20.3 Å². The number of hydrogen-bond acceptors (Lipinski definition) is 5. The fraction of sp³-hybridized carbons (Fsp3) is 0.323. The molecule has 1 aromatic heterocycles. The maximum Gasteiger partial charge on any atom is 0.241 e. The standard InChI is InChI=1S/C31H35ClN4O2S/c32-28-9-8-24(30(21-28)25-10-14-34-15-11-25)7-4-13-33-17-18-36-39(37,38)31-20-26(23-5-2-1-3-6-23)19-27-22-35-16-12-29(27)31/h1-3,5-6,8-9,12,16,19-22,25,33-34,36H,4,7,10-11,13-15,17-18H2. The molecule has 0 amide bonds. The number of nitrogens with zero attached hydrogens (tertiary/aromatic N) is 1. The maximum absolute atomic E-state index is 13.3. The van der Waals surface area contributed by atoms with Crippen LogP contribution in [0.15, 0.2) is 84.0 Å². The highest BCUT2D eigenvalue weighted by atomic mass is 35.5. The van der Waals surface area contributed by atoms with Crippen LogP contribution in [0.25, 0.3) is 21.9 Å². The zero-order chi connectivity index (χ0) is 27.1. The molecule has 1 aliphatic rings. The van der Waals surface area contributed by atoms with E-state index in [1.165, 1.54) is 11.1 Å². The van der Waals surface area contributed by atoms with Crippen LogP contribution in [0.5, 0.6) is 0 Å². The quantitative estimate of drug-likeness (QED) is 0.210. The van der Waals surface area contributed by atoms with Crippen molar-refractivity contribution in [2.45, 2.75) is 36.5 Å². The summed E-state index contributed by atoms with van der Waals surface area (Å²) in [6.45, 7) is 3.79. The number of benzene rings is 3. The molecule has 0 aliphatic carbocycles. The van der Waals surface area contributed by atoms with Crippen molar-refractivity contribution in [3.8, 4) is 11.1 Å². The topological polar surface area (TPSA) is 83.1 Å². The van der Waals surface area contributed by atoms with Crippen LogP contribution in [-0.2, 0) is 16.4 Å². The van der Waals surface area contributed by atoms with Gasteiger partial charge in [-0.3, -0.25) is 4.98 Å². The van der Waals surface area contributed by atoms with Crippen molar-refractivity contribution < 1.29 is 8.42 Å². The van der Waals surface area contributed by atoms with E-state index in [4.69, 9.17) is 11.6 Å². The minimum atomic E-state index is -3.71. The first-order valence-corrected chi connectivity index (χ1v) is 15.5. The molecule has 0 atom stereocenters. The summed E-state index contributed by atoms with van der Waals surface area (Å²) in [5.41, 5.74) is 4.57. The molecule has 0 spiro atoms. The van der Waals surface area contributed by atoms with E-state index in [9.17, 15) is 8.42 Å². The second kappa shape index (κ2) is 13.0. The van der Waals surface area contributed by atoms with Gasteiger partial charge in [-0.2, -0.15) is 0 Å². The number of aryl methyl sites for hydroxylation is 1. The van der Waals surface area contributed by atoms with Gasteiger partial charge in [0.15, 0.2) is 0 Å². The number of piperidine rings is 1. The summed E-state index contributed by atoms with van der Waals surface area (Å²) in [7, 11) is -3.71. The smallest absolute Gasteiger partial charge is 0.241 e. The Morgan fingerprint density at radius 1 is 0.923 bits per heavy atom. The monoisotopic (exact) mass is 562 g/mol. The fourth-order valence-electron chi connectivity index (χ4n) is 5.38. The van der Waals surface area contributed by atoms with Gasteiger partial charge in [0.2, 0.25) is 10.0 Å². The van der Waals surface area contributed by atoms with E-state index in [0.717, 1.165) is 66.9 Å². The van der Waals surface area contributed by atoms with Crippen molar-refractivity contribution in [3.63, 3.8) is 0 Å². The van der Waals surface area contributed by atoms with Gasteiger partial charge >= 0.3 is 0 Å².